The summed E-state index contributed by atoms with van der Waals surface area (Å²) in [5, 5.41) is 36.4. The fraction of sp³-hybridized carbons (Fsp3) is 0.417. The molecule has 1 aromatic rings. The van der Waals surface area contributed by atoms with Gasteiger partial charge in [-0.1, -0.05) is 6.07 Å². The third kappa shape index (κ3) is 3.69. The summed E-state index contributed by atoms with van der Waals surface area (Å²) >= 11 is 0. The van der Waals surface area contributed by atoms with Gasteiger partial charge in [0.15, 0.2) is 0 Å². The molecule has 0 heterocycles. The van der Waals surface area contributed by atoms with Gasteiger partial charge in [-0.3, -0.25) is 0 Å². The predicted molar refractivity (Wildman–Crippen MR) is 61.1 cm³/mol. The quantitative estimate of drug-likeness (QED) is 0.654. The Morgan fingerprint density at radius 2 is 1.85 bits per heavy atom. The van der Waals surface area contributed by atoms with Gasteiger partial charge in [0, 0.05) is 6.61 Å². The van der Waals surface area contributed by atoms with Crippen LogP contribution in [0.5, 0.6) is 0 Å². The van der Waals surface area contributed by atoms with E-state index in [1.165, 1.54) is 0 Å². The normalized spacial score (nSPS) is 14.9. The van der Waals surface area contributed by atoms with Crippen molar-refractivity contribution >= 4 is 5.97 Å². The summed E-state index contributed by atoms with van der Waals surface area (Å²) < 4.78 is 38.6. The molecule has 1 aromatic carbocycles. The van der Waals surface area contributed by atoms with Gasteiger partial charge < -0.3 is 20.4 Å². The van der Waals surface area contributed by atoms with E-state index in [1.54, 1.807) is 0 Å². The van der Waals surface area contributed by atoms with Gasteiger partial charge >= 0.3 is 12.1 Å². The maximum Gasteiger partial charge on any atom is 0.416 e. The number of carboxylic acids is 1. The van der Waals surface area contributed by atoms with Crippen molar-refractivity contribution in [2.24, 2.45) is 0 Å². The third-order valence-electron chi connectivity index (χ3n) is 2.71. The molecule has 0 aliphatic rings. The summed E-state index contributed by atoms with van der Waals surface area (Å²) in [6.07, 6.45) is -8.64. The van der Waals surface area contributed by atoms with E-state index in [2.05, 4.69) is 0 Å². The van der Waals surface area contributed by atoms with Gasteiger partial charge in [0.05, 0.1) is 17.2 Å². The number of aromatic carboxylic acids is 1. The van der Waals surface area contributed by atoms with E-state index in [0.717, 1.165) is 12.1 Å². The van der Waals surface area contributed by atoms with Crippen LogP contribution in [0.25, 0.3) is 0 Å². The topological polar surface area (TPSA) is 98.0 Å². The lowest BCUT2D eigenvalue weighted by atomic mass is 9.95. The second kappa shape index (κ2) is 6.21. The first-order chi connectivity index (χ1) is 9.18. The molecule has 0 aromatic heterocycles. The molecule has 2 unspecified atom stereocenters. The number of rotatable bonds is 5. The maximum atomic E-state index is 12.9. The molecule has 0 aliphatic carbocycles. The van der Waals surface area contributed by atoms with E-state index in [0.29, 0.717) is 6.07 Å². The van der Waals surface area contributed by atoms with Crippen LogP contribution < -0.4 is 0 Å². The van der Waals surface area contributed by atoms with Crippen LogP contribution in [0.4, 0.5) is 13.2 Å². The molecule has 0 aliphatic heterocycles. The molecule has 2 atom stereocenters. The standard InChI is InChI=1S/C12H13F3O5/c13-12(14,15)8-5-6(11(19)20)1-2-7(8)10(18)9(17)3-4-16/h1-2,5,9-10,16-18H,3-4H2,(H,19,20). The Labute approximate surface area is 111 Å². The van der Waals surface area contributed by atoms with Gasteiger partial charge in [0.25, 0.3) is 0 Å². The number of aliphatic hydroxyl groups is 3. The summed E-state index contributed by atoms with van der Waals surface area (Å²) in [6, 6.07) is 2.10. The molecular weight excluding hydrogens is 281 g/mol. The average molecular weight is 294 g/mol. The minimum Gasteiger partial charge on any atom is -0.478 e. The zero-order valence-corrected chi connectivity index (χ0v) is 10.1. The zero-order valence-electron chi connectivity index (χ0n) is 10.1. The van der Waals surface area contributed by atoms with E-state index in [4.69, 9.17) is 10.2 Å². The van der Waals surface area contributed by atoms with Crippen LogP contribution in [0, 0.1) is 0 Å². The number of aliphatic hydroxyl groups excluding tert-OH is 3. The van der Waals surface area contributed by atoms with E-state index in [9.17, 15) is 28.2 Å². The molecule has 0 bridgehead atoms. The van der Waals surface area contributed by atoms with Gasteiger partial charge in [-0.05, 0) is 24.1 Å². The Hall–Kier alpha value is -1.64. The summed E-state index contributed by atoms with van der Waals surface area (Å²) in [5.41, 5.74) is -2.55. The van der Waals surface area contributed by atoms with Gasteiger partial charge in [-0.15, -0.1) is 0 Å². The van der Waals surface area contributed by atoms with Crippen LogP contribution >= 0.6 is 0 Å². The fourth-order valence-corrected chi connectivity index (χ4v) is 1.69. The molecule has 0 amide bonds. The molecule has 0 spiro atoms. The second-order valence-electron chi connectivity index (χ2n) is 4.13. The molecule has 0 saturated heterocycles. The van der Waals surface area contributed by atoms with Gasteiger partial charge in [-0.25, -0.2) is 4.79 Å². The number of hydrogen-bond acceptors (Lipinski definition) is 4. The van der Waals surface area contributed by atoms with Crippen molar-refractivity contribution in [2.45, 2.75) is 24.8 Å². The van der Waals surface area contributed by atoms with Crippen LogP contribution in [0.15, 0.2) is 18.2 Å². The van der Waals surface area contributed by atoms with Gasteiger partial charge in [0.2, 0.25) is 0 Å². The van der Waals surface area contributed by atoms with Gasteiger partial charge in [0.1, 0.15) is 6.10 Å². The van der Waals surface area contributed by atoms with Crippen molar-refractivity contribution in [1.29, 1.82) is 0 Å². The number of benzene rings is 1. The average Bonchev–Trinajstić information content (AvgIpc) is 2.36. The lowest BCUT2D eigenvalue weighted by Gasteiger charge is -2.21. The van der Waals surface area contributed by atoms with E-state index in [-0.39, 0.29) is 6.42 Å². The van der Waals surface area contributed by atoms with Crippen LogP contribution in [-0.4, -0.2) is 39.1 Å². The highest BCUT2D eigenvalue weighted by atomic mass is 19.4. The molecule has 20 heavy (non-hydrogen) atoms. The largest absolute Gasteiger partial charge is 0.478 e. The summed E-state index contributed by atoms with van der Waals surface area (Å²) in [4.78, 5) is 10.7. The van der Waals surface area contributed by atoms with Crippen molar-refractivity contribution in [1.82, 2.24) is 0 Å². The van der Waals surface area contributed by atoms with Crippen molar-refractivity contribution in [3.8, 4) is 0 Å². The molecule has 0 saturated carbocycles. The molecular formula is C12H13F3O5. The smallest absolute Gasteiger partial charge is 0.416 e. The maximum absolute atomic E-state index is 12.9. The molecule has 8 heteroatoms. The molecule has 5 nitrogen and oxygen atoms in total. The molecule has 1 rings (SSSR count). The monoisotopic (exact) mass is 294 g/mol. The van der Waals surface area contributed by atoms with E-state index in [1.807, 2.05) is 0 Å². The second-order valence-corrected chi connectivity index (χ2v) is 4.13. The molecule has 0 radical (unpaired) electrons. The Morgan fingerprint density at radius 3 is 2.30 bits per heavy atom. The lowest BCUT2D eigenvalue weighted by molar-refractivity contribution is -0.140. The Kier molecular flexibility index (Phi) is 5.09. The van der Waals surface area contributed by atoms with Crippen molar-refractivity contribution in [2.75, 3.05) is 6.61 Å². The SMILES string of the molecule is O=C(O)c1ccc(C(O)C(O)CCO)c(C(F)(F)F)c1. The van der Waals surface area contributed by atoms with Crippen molar-refractivity contribution < 1.29 is 38.4 Å². The number of carboxylic acid groups (broad SMARTS) is 1. The van der Waals surface area contributed by atoms with Crippen LogP contribution in [-0.2, 0) is 6.18 Å². The van der Waals surface area contributed by atoms with E-state index < -0.39 is 47.7 Å². The van der Waals surface area contributed by atoms with Crippen LogP contribution in [0.3, 0.4) is 0 Å². The Morgan fingerprint density at radius 1 is 1.25 bits per heavy atom. The Bertz CT molecular complexity index is 486. The number of halogens is 3. The predicted octanol–water partition coefficient (Wildman–Crippen LogP) is 1.18. The first kappa shape index (κ1) is 16.4. The first-order valence-corrected chi connectivity index (χ1v) is 5.60. The fourth-order valence-electron chi connectivity index (χ4n) is 1.69. The molecule has 0 fully saturated rings. The number of hydrogen-bond donors (Lipinski definition) is 4. The molecule has 4 N–H and O–H groups in total. The zero-order chi connectivity index (χ0) is 15.5. The van der Waals surface area contributed by atoms with Crippen LogP contribution in [0.2, 0.25) is 0 Å². The highest BCUT2D eigenvalue weighted by molar-refractivity contribution is 5.88. The first-order valence-electron chi connectivity index (χ1n) is 5.60. The lowest BCUT2D eigenvalue weighted by Crippen LogP contribution is -2.23. The summed E-state index contributed by atoms with van der Waals surface area (Å²) in [5.74, 6) is -1.53. The minimum absolute atomic E-state index is 0.306. The van der Waals surface area contributed by atoms with E-state index >= 15 is 0 Å². The minimum atomic E-state index is -4.87. The Balaban J connectivity index is 3.28. The summed E-state index contributed by atoms with van der Waals surface area (Å²) in [7, 11) is 0. The number of carbonyl (C=O) groups is 1. The highest BCUT2D eigenvalue weighted by Gasteiger charge is 2.37. The van der Waals surface area contributed by atoms with Crippen LogP contribution in [0.1, 0.15) is 34.0 Å². The van der Waals surface area contributed by atoms with Crippen molar-refractivity contribution in [3.05, 3.63) is 34.9 Å². The highest BCUT2D eigenvalue weighted by Crippen LogP contribution is 2.36. The van der Waals surface area contributed by atoms with Gasteiger partial charge in [-0.2, -0.15) is 13.2 Å². The van der Waals surface area contributed by atoms with Crippen molar-refractivity contribution in [3.63, 3.8) is 0 Å². The summed E-state index contributed by atoms with van der Waals surface area (Å²) in [6.45, 7) is -0.507. The number of alkyl halides is 3. The third-order valence-corrected chi connectivity index (χ3v) is 2.71. The molecule has 112 valence electrons.